The number of ether oxygens (including phenoxy) is 1. The number of carbonyl (C=O) groups excluding carboxylic acids is 1. The van der Waals surface area contributed by atoms with Crippen LogP contribution in [0.25, 0.3) is 16.7 Å². The largest absolute Gasteiger partial charge is 0.467 e. The van der Waals surface area contributed by atoms with E-state index in [-0.39, 0.29) is 22.4 Å². The Labute approximate surface area is 196 Å². The molecule has 1 amide bonds. The van der Waals surface area contributed by atoms with Gasteiger partial charge in [-0.2, -0.15) is 23.3 Å². The first-order chi connectivity index (χ1) is 16.1. The number of fused-ring (bicyclic) bond motifs is 1. The van der Waals surface area contributed by atoms with Crippen molar-refractivity contribution in [2.75, 3.05) is 11.9 Å². The quantitative estimate of drug-likeness (QED) is 0.354. The zero-order valence-electron chi connectivity index (χ0n) is 17.9. The van der Waals surface area contributed by atoms with Gasteiger partial charge in [-0.3, -0.25) is 4.79 Å². The fourth-order valence-corrected chi connectivity index (χ4v) is 3.61. The highest BCUT2D eigenvalue weighted by molar-refractivity contribution is 6.31. The number of anilines is 1. The summed E-state index contributed by atoms with van der Waals surface area (Å²) in [7, 11) is 0. The number of hydrogen-bond donors (Lipinski definition) is 1. The number of alkyl halides is 3. The van der Waals surface area contributed by atoms with Gasteiger partial charge in [0.05, 0.1) is 28.0 Å². The number of pyridine rings is 1. The second-order valence-corrected chi connectivity index (χ2v) is 7.81. The van der Waals surface area contributed by atoms with E-state index >= 15 is 0 Å². The van der Waals surface area contributed by atoms with Gasteiger partial charge in [-0.25, -0.2) is 9.07 Å². The van der Waals surface area contributed by atoms with Crippen molar-refractivity contribution in [3.8, 4) is 11.6 Å². The molecule has 0 saturated carbocycles. The Bertz CT molecular complexity index is 1400. The molecule has 0 bridgehead atoms. The topological polar surface area (TPSA) is 69.0 Å². The van der Waals surface area contributed by atoms with Gasteiger partial charge in [0, 0.05) is 11.1 Å². The number of amides is 1. The number of hydrogen-bond acceptors (Lipinski definition) is 4. The summed E-state index contributed by atoms with van der Waals surface area (Å²) >= 11 is 6.18. The molecule has 0 atom stereocenters. The fourth-order valence-electron chi connectivity index (χ4n) is 3.45. The zero-order chi connectivity index (χ0) is 24.6. The molecule has 0 aliphatic carbocycles. The van der Waals surface area contributed by atoms with E-state index in [4.69, 9.17) is 16.3 Å². The second kappa shape index (κ2) is 8.94. The molecule has 6 nitrogen and oxygen atoms in total. The predicted molar refractivity (Wildman–Crippen MR) is 119 cm³/mol. The van der Waals surface area contributed by atoms with Crippen LogP contribution in [-0.2, 0) is 11.0 Å². The number of carbonyl (C=O) groups is 1. The maximum Gasteiger partial charge on any atom is 0.417 e. The Hall–Kier alpha value is -3.66. The van der Waals surface area contributed by atoms with Crippen molar-refractivity contribution in [2.24, 2.45) is 0 Å². The van der Waals surface area contributed by atoms with Crippen LogP contribution in [0.3, 0.4) is 0 Å². The second-order valence-electron chi connectivity index (χ2n) is 7.40. The molecule has 176 valence electrons. The third-order valence-corrected chi connectivity index (χ3v) is 5.47. The molecule has 0 unspecified atom stereocenters. The van der Waals surface area contributed by atoms with Gasteiger partial charge < -0.3 is 10.1 Å². The van der Waals surface area contributed by atoms with E-state index in [1.165, 1.54) is 29.8 Å². The molecule has 2 aromatic heterocycles. The highest BCUT2D eigenvalue weighted by Gasteiger charge is 2.36. The van der Waals surface area contributed by atoms with Crippen LogP contribution >= 0.6 is 11.6 Å². The van der Waals surface area contributed by atoms with Crippen molar-refractivity contribution in [2.45, 2.75) is 20.0 Å². The highest BCUT2D eigenvalue weighted by Crippen LogP contribution is 2.38. The molecular weight excluding hydrogens is 476 g/mol. The minimum atomic E-state index is -4.74. The number of rotatable bonds is 5. The number of halogens is 5. The molecule has 34 heavy (non-hydrogen) atoms. The van der Waals surface area contributed by atoms with E-state index in [0.717, 1.165) is 6.07 Å². The Morgan fingerprint density at radius 3 is 2.59 bits per heavy atom. The van der Waals surface area contributed by atoms with Crippen LogP contribution in [0.1, 0.15) is 16.8 Å². The molecule has 0 radical (unpaired) electrons. The van der Waals surface area contributed by atoms with E-state index in [9.17, 15) is 22.4 Å². The Balaban J connectivity index is 1.74. The summed E-state index contributed by atoms with van der Waals surface area (Å²) < 4.78 is 62.0. The van der Waals surface area contributed by atoms with Crippen LogP contribution in [0.5, 0.6) is 5.88 Å². The van der Waals surface area contributed by atoms with Crippen LogP contribution in [0.4, 0.5) is 23.2 Å². The molecule has 0 fully saturated rings. The first-order valence-corrected chi connectivity index (χ1v) is 10.3. The smallest absolute Gasteiger partial charge is 0.417 e. The lowest BCUT2D eigenvalue weighted by molar-refractivity contribution is -0.136. The number of nitrogens with one attached hydrogen (secondary N) is 1. The number of aromatic nitrogens is 3. The SMILES string of the molecule is Cc1c(Cl)cccc1-n1nc(C)c2c(C(F)(F)F)cc(OCC(=O)Nc3ccccc3F)nc21. The lowest BCUT2D eigenvalue weighted by atomic mass is 10.1. The number of benzene rings is 2. The molecule has 2 aromatic carbocycles. The predicted octanol–water partition coefficient (Wildman–Crippen LogP) is 5.87. The van der Waals surface area contributed by atoms with Gasteiger partial charge >= 0.3 is 6.18 Å². The summed E-state index contributed by atoms with van der Waals surface area (Å²) in [6.45, 7) is 2.46. The molecule has 0 saturated heterocycles. The van der Waals surface area contributed by atoms with Crippen molar-refractivity contribution >= 4 is 34.2 Å². The molecule has 4 aromatic rings. The van der Waals surface area contributed by atoms with Crippen molar-refractivity contribution in [3.63, 3.8) is 0 Å². The summed E-state index contributed by atoms with van der Waals surface area (Å²) in [4.78, 5) is 16.4. The van der Waals surface area contributed by atoms with Crippen molar-refractivity contribution < 1.29 is 27.1 Å². The molecular formula is C23H17ClF4N4O2. The van der Waals surface area contributed by atoms with E-state index in [2.05, 4.69) is 15.4 Å². The summed E-state index contributed by atoms with van der Waals surface area (Å²) in [6.07, 6.45) is -4.74. The maximum atomic E-state index is 13.9. The monoisotopic (exact) mass is 492 g/mol. The van der Waals surface area contributed by atoms with Gasteiger partial charge in [-0.15, -0.1) is 0 Å². The molecule has 0 spiro atoms. The fraction of sp³-hybridized carbons (Fsp3) is 0.174. The summed E-state index contributed by atoms with van der Waals surface area (Å²) in [5, 5.41) is 6.76. The van der Waals surface area contributed by atoms with Gasteiger partial charge in [0.15, 0.2) is 12.3 Å². The number of aryl methyl sites for hydroxylation is 1. The Kier molecular flexibility index (Phi) is 6.18. The first kappa shape index (κ1) is 23.5. The Morgan fingerprint density at radius 2 is 1.88 bits per heavy atom. The van der Waals surface area contributed by atoms with Gasteiger partial charge in [-0.05, 0) is 43.7 Å². The normalized spacial score (nSPS) is 11.6. The highest BCUT2D eigenvalue weighted by atomic mass is 35.5. The van der Waals surface area contributed by atoms with E-state index in [1.807, 2.05) is 0 Å². The van der Waals surface area contributed by atoms with Gasteiger partial charge in [0.25, 0.3) is 5.91 Å². The molecule has 1 N–H and O–H groups in total. The van der Waals surface area contributed by atoms with E-state index in [0.29, 0.717) is 22.3 Å². The average Bonchev–Trinajstić information content (AvgIpc) is 3.11. The minimum absolute atomic E-state index is 0.0828. The maximum absolute atomic E-state index is 13.9. The average molecular weight is 493 g/mol. The summed E-state index contributed by atoms with van der Waals surface area (Å²) in [6, 6.07) is 11.1. The van der Waals surface area contributed by atoms with E-state index in [1.54, 1.807) is 25.1 Å². The molecule has 4 rings (SSSR count). The molecule has 0 aliphatic heterocycles. The van der Waals surface area contributed by atoms with Crippen LogP contribution in [-0.4, -0.2) is 27.3 Å². The Morgan fingerprint density at radius 1 is 1.15 bits per heavy atom. The molecule has 11 heteroatoms. The summed E-state index contributed by atoms with van der Waals surface area (Å²) in [5.41, 5.74) is -0.0495. The van der Waals surface area contributed by atoms with E-state index < -0.39 is 36.0 Å². The standard InChI is InChI=1S/C23H17ClF4N4O2/c1-12-15(24)6-5-9-18(12)32-22-21(13(2)31-32)14(23(26,27)28)10-20(30-22)34-11-19(33)29-17-8-4-3-7-16(17)25/h3-10H,11H2,1-2H3,(H,29,33). The van der Waals surface area contributed by atoms with Crippen LogP contribution in [0.15, 0.2) is 48.5 Å². The summed E-state index contributed by atoms with van der Waals surface area (Å²) in [5.74, 6) is -1.87. The molecule has 2 heterocycles. The van der Waals surface area contributed by atoms with Crippen molar-refractivity contribution in [1.29, 1.82) is 0 Å². The third kappa shape index (κ3) is 4.54. The van der Waals surface area contributed by atoms with Crippen LogP contribution in [0, 0.1) is 19.7 Å². The first-order valence-electron chi connectivity index (χ1n) is 9.96. The van der Waals surface area contributed by atoms with Gasteiger partial charge in [-0.1, -0.05) is 29.8 Å². The lowest BCUT2D eigenvalue weighted by Gasteiger charge is -2.13. The number of nitrogens with zero attached hydrogens (tertiary/aromatic N) is 3. The van der Waals surface area contributed by atoms with Crippen molar-refractivity contribution in [1.82, 2.24) is 14.8 Å². The van der Waals surface area contributed by atoms with Gasteiger partial charge in [0.1, 0.15) is 5.82 Å². The minimum Gasteiger partial charge on any atom is -0.467 e. The van der Waals surface area contributed by atoms with Crippen LogP contribution < -0.4 is 10.1 Å². The zero-order valence-corrected chi connectivity index (χ0v) is 18.6. The van der Waals surface area contributed by atoms with Crippen LogP contribution in [0.2, 0.25) is 5.02 Å². The van der Waals surface area contributed by atoms with Gasteiger partial charge in [0.2, 0.25) is 5.88 Å². The lowest BCUT2D eigenvalue weighted by Crippen LogP contribution is -2.21. The third-order valence-electron chi connectivity index (χ3n) is 5.06. The molecule has 0 aliphatic rings. The number of para-hydroxylation sites is 1. The van der Waals surface area contributed by atoms with Crippen molar-refractivity contribution in [3.05, 3.63) is 76.2 Å².